The third-order valence-electron chi connectivity index (χ3n) is 5.99. The Morgan fingerprint density at radius 3 is 2.03 bits per heavy atom. The molecule has 162 valence electrons. The van der Waals surface area contributed by atoms with Gasteiger partial charge >= 0.3 is 6.18 Å². The lowest BCUT2D eigenvalue weighted by Gasteiger charge is -2.28. The molecule has 1 saturated carbocycles. The molecule has 2 aromatic carbocycles. The van der Waals surface area contributed by atoms with E-state index in [1.807, 2.05) is 45.0 Å². The van der Waals surface area contributed by atoms with Crippen molar-refractivity contribution >= 4 is 5.78 Å². The van der Waals surface area contributed by atoms with Gasteiger partial charge in [-0.25, -0.2) is 0 Å². The van der Waals surface area contributed by atoms with Gasteiger partial charge in [0.1, 0.15) is 11.8 Å². The molecule has 0 heterocycles. The average Bonchev–Trinajstić information content (AvgIpc) is 3.41. The van der Waals surface area contributed by atoms with Crippen molar-refractivity contribution in [2.45, 2.75) is 71.1 Å². The van der Waals surface area contributed by atoms with E-state index in [9.17, 15) is 18.0 Å². The molecule has 0 aromatic heterocycles. The second kappa shape index (κ2) is 8.93. The number of alkyl halides is 3. The molecule has 0 spiro atoms. The number of aryl methyl sites for hydroxylation is 1. The maximum absolute atomic E-state index is 13.9. The summed E-state index contributed by atoms with van der Waals surface area (Å²) in [6.45, 7) is 5.91. The number of hydrogen-bond donors (Lipinski definition) is 1. The highest BCUT2D eigenvalue weighted by Crippen LogP contribution is 2.48. The first kappa shape index (κ1) is 22.5. The molecule has 1 aliphatic carbocycles. The fraction of sp³-hybridized carbons (Fsp3) is 0.480. The minimum atomic E-state index is -4.48. The average molecular weight is 418 g/mol. The van der Waals surface area contributed by atoms with Crippen LogP contribution in [0.2, 0.25) is 0 Å². The van der Waals surface area contributed by atoms with Gasteiger partial charge in [-0.15, -0.1) is 0 Å². The van der Waals surface area contributed by atoms with Crippen molar-refractivity contribution < 1.29 is 18.0 Å². The zero-order valence-electron chi connectivity index (χ0n) is 17.9. The number of ketones is 1. The molecule has 0 radical (unpaired) electrons. The smallest absolute Gasteiger partial charge is 0.298 e. The molecule has 1 N–H and O–H groups in total. The number of nitrogens with one attached hydrogen (secondary N) is 1. The van der Waals surface area contributed by atoms with E-state index < -0.39 is 18.3 Å². The van der Waals surface area contributed by atoms with Crippen LogP contribution < -0.4 is 5.32 Å². The molecule has 0 unspecified atom stereocenters. The molecule has 5 heteroatoms. The lowest BCUT2D eigenvalue weighted by atomic mass is 9.93. The van der Waals surface area contributed by atoms with E-state index in [1.54, 1.807) is 12.1 Å². The Balaban J connectivity index is 1.80. The Morgan fingerprint density at radius 2 is 1.57 bits per heavy atom. The molecule has 0 amide bonds. The van der Waals surface area contributed by atoms with Crippen LogP contribution in [-0.2, 0) is 4.79 Å². The summed E-state index contributed by atoms with van der Waals surface area (Å²) >= 11 is 0. The number of carbonyl (C=O) groups excluding carboxylic acids is 1. The lowest BCUT2D eigenvalue weighted by Crippen LogP contribution is -2.45. The third-order valence-corrected chi connectivity index (χ3v) is 5.99. The molecular formula is C25H30F3NO. The van der Waals surface area contributed by atoms with Crippen molar-refractivity contribution in [3.8, 4) is 11.1 Å². The summed E-state index contributed by atoms with van der Waals surface area (Å²) in [6.07, 6.45) is -1.13. The van der Waals surface area contributed by atoms with Crippen molar-refractivity contribution in [2.75, 3.05) is 0 Å². The summed E-state index contributed by atoms with van der Waals surface area (Å²) in [7, 11) is 0. The third kappa shape index (κ3) is 5.72. The van der Waals surface area contributed by atoms with Gasteiger partial charge in [0.05, 0.1) is 6.04 Å². The summed E-state index contributed by atoms with van der Waals surface area (Å²) in [6, 6.07) is 11.7. The Bertz CT molecular complexity index is 851. The Kier molecular flexibility index (Phi) is 6.71. The summed E-state index contributed by atoms with van der Waals surface area (Å²) < 4.78 is 41.7. The SMILES string of the molecule is CCC[C@H](N[C@@H](c1ccc(-c2ccc(C)cc2)cc1)C(F)(F)F)C(=O)CC1(C)CC1. The highest BCUT2D eigenvalue weighted by Gasteiger charge is 2.44. The van der Waals surface area contributed by atoms with Crippen LogP contribution in [0.1, 0.15) is 63.1 Å². The maximum atomic E-state index is 13.9. The minimum absolute atomic E-state index is 0.0197. The molecular weight excluding hydrogens is 387 g/mol. The van der Waals surface area contributed by atoms with E-state index in [-0.39, 0.29) is 16.8 Å². The number of rotatable bonds is 9. The molecule has 1 fully saturated rings. The zero-order valence-corrected chi connectivity index (χ0v) is 17.9. The van der Waals surface area contributed by atoms with Gasteiger partial charge < -0.3 is 0 Å². The first-order valence-electron chi connectivity index (χ1n) is 10.6. The quantitative estimate of drug-likeness (QED) is 0.487. The minimum Gasteiger partial charge on any atom is -0.298 e. The van der Waals surface area contributed by atoms with E-state index in [4.69, 9.17) is 0 Å². The van der Waals surface area contributed by atoms with E-state index in [0.29, 0.717) is 19.3 Å². The Hall–Kier alpha value is -2.14. The van der Waals surface area contributed by atoms with Crippen LogP contribution in [0.15, 0.2) is 48.5 Å². The van der Waals surface area contributed by atoms with Crippen LogP contribution in [0.4, 0.5) is 13.2 Å². The van der Waals surface area contributed by atoms with E-state index >= 15 is 0 Å². The molecule has 2 aromatic rings. The molecule has 0 bridgehead atoms. The number of hydrogen-bond acceptors (Lipinski definition) is 2. The van der Waals surface area contributed by atoms with Crippen LogP contribution in [0.5, 0.6) is 0 Å². The van der Waals surface area contributed by atoms with Crippen LogP contribution >= 0.6 is 0 Å². The highest BCUT2D eigenvalue weighted by molar-refractivity contribution is 5.85. The highest BCUT2D eigenvalue weighted by atomic mass is 19.4. The van der Waals surface area contributed by atoms with E-state index in [0.717, 1.165) is 29.5 Å². The summed E-state index contributed by atoms with van der Waals surface area (Å²) in [5.74, 6) is -0.109. The predicted molar refractivity (Wildman–Crippen MR) is 114 cm³/mol. The van der Waals surface area contributed by atoms with E-state index in [2.05, 4.69) is 5.32 Å². The van der Waals surface area contributed by atoms with Crippen LogP contribution in [0.25, 0.3) is 11.1 Å². The number of Topliss-reactive ketones (excluding diaryl/α,β-unsaturated/α-hetero) is 1. The maximum Gasteiger partial charge on any atom is 0.407 e. The lowest BCUT2D eigenvalue weighted by molar-refractivity contribution is -0.161. The fourth-order valence-electron chi connectivity index (χ4n) is 3.75. The zero-order chi connectivity index (χ0) is 21.9. The molecule has 2 nitrogen and oxygen atoms in total. The van der Waals surface area contributed by atoms with Crippen molar-refractivity contribution in [3.63, 3.8) is 0 Å². The molecule has 3 rings (SSSR count). The molecule has 30 heavy (non-hydrogen) atoms. The Morgan fingerprint density at radius 1 is 1.03 bits per heavy atom. The van der Waals surface area contributed by atoms with Crippen molar-refractivity contribution in [2.24, 2.45) is 5.41 Å². The summed E-state index contributed by atoms with van der Waals surface area (Å²) in [5, 5.41) is 2.65. The standard InChI is InChI=1S/C25H30F3NO/c1-4-5-21(22(30)16-24(3)14-15-24)29-23(25(26,27)28)20-12-10-19(11-13-20)18-8-6-17(2)7-9-18/h6-13,21,23,29H,4-5,14-16H2,1-3H3/t21-,23-/m0/s1. The van der Waals surface area contributed by atoms with Crippen LogP contribution in [0.3, 0.4) is 0 Å². The first-order chi connectivity index (χ1) is 14.1. The van der Waals surface area contributed by atoms with Crippen molar-refractivity contribution in [1.29, 1.82) is 0 Å². The fourth-order valence-corrected chi connectivity index (χ4v) is 3.75. The van der Waals surface area contributed by atoms with Gasteiger partial charge in [0.15, 0.2) is 0 Å². The van der Waals surface area contributed by atoms with Gasteiger partial charge in [-0.2, -0.15) is 13.2 Å². The molecule has 0 saturated heterocycles. The molecule has 0 aliphatic heterocycles. The van der Waals surface area contributed by atoms with Gasteiger partial charge in [0, 0.05) is 6.42 Å². The monoisotopic (exact) mass is 417 g/mol. The number of halogens is 3. The largest absolute Gasteiger partial charge is 0.407 e. The number of benzene rings is 2. The van der Waals surface area contributed by atoms with Crippen molar-refractivity contribution in [3.05, 3.63) is 59.7 Å². The predicted octanol–water partition coefficient (Wildman–Crippen LogP) is 6.78. The Labute approximate surface area is 176 Å². The van der Waals surface area contributed by atoms with Gasteiger partial charge in [-0.1, -0.05) is 74.4 Å². The van der Waals surface area contributed by atoms with Gasteiger partial charge in [0.25, 0.3) is 0 Å². The van der Waals surface area contributed by atoms with Gasteiger partial charge in [-0.05, 0) is 48.3 Å². The van der Waals surface area contributed by atoms with Gasteiger partial charge in [-0.3, -0.25) is 10.1 Å². The van der Waals surface area contributed by atoms with Gasteiger partial charge in [0.2, 0.25) is 0 Å². The normalized spacial score (nSPS) is 17.4. The van der Waals surface area contributed by atoms with Crippen molar-refractivity contribution in [1.82, 2.24) is 5.32 Å². The number of carbonyl (C=O) groups is 1. The summed E-state index contributed by atoms with van der Waals surface area (Å²) in [4.78, 5) is 12.7. The second-order valence-electron chi connectivity index (χ2n) is 8.92. The molecule has 1 aliphatic rings. The second-order valence-corrected chi connectivity index (χ2v) is 8.92. The summed E-state index contributed by atoms with van der Waals surface area (Å²) in [5.41, 5.74) is 3.06. The van der Waals surface area contributed by atoms with Crippen LogP contribution in [0, 0.1) is 12.3 Å². The van der Waals surface area contributed by atoms with Crippen LogP contribution in [-0.4, -0.2) is 18.0 Å². The topological polar surface area (TPSA) is 29.1 Å². The molecule has 2 atom stereocenters. The first-order valence-corrected chi connectivity index (χ1v) is 10.6. The van der Waals surface area contributed by atoms with E-state index in [1.165, 1.54) is 12.1 Å².